The Bertz CT molecular complexity index is 816. The van der Waals surface area contributed by atoms with Crippen molar-refractivity contribution < 1.29 is 9.59 Å². The van der Waals surface area contributed by atoms with Crippen molar-refractivity contribution in [1.82, 2.24) is 4.90 Å². The molecule has 1 saturated heterocycles. The van der Waals surface area contributed by atoms with Crippen LogP contribution in [0.4, 0.5) is 5.69 Å². The molecule has 27 heavy (non-hydrogen) atoms. The third kappa shape index (κ3) is 3.32. The molecule has 4 rings (SSSR count). The molecule has 1 fully saturated rings. The molecule has 0 bridgehead atoms. The number of anilines is 1. The number of likely N-dealkylation sites (tertiary alicyclic amines) is 1. The Labute approximate surface area is 160 Å². The summed E-state index contributed by atoms with van der Waals surface area (Å²) in [7, 11) is 0. The summed E-state index contributed by atoms with van der Waals surface area (Å²) in [6.45, 7) is 5.34. The minimum absolute atomic E-state index is 0.0384. The van der Waals surface area contributed by atoms with E-state index in [1.165, 1.54) is 37.9 Å². The second-order valence-corrected chi connectivity index (χ2v) is 7.78. The second-order valence-electron chi connectivity index (χ2n) is 7.78. The average Bonchev–Trinajstić information content (AvgIpc) is 2.94. The first kappa shape index (κ1) is 18.0. The Kier molecular flexibility index (Phi) is 4.87. The molecule has 0 spiro atoms. The van der Waals surface area contributed by atoms with Gasteiger partial charge < -0.3 is 10.6 Å². The summed E-state index contributed by atoms with van der Waals surface area (Å²) in [5.74, 6) is -0.618. The van der Waals surface area contributed by atoms with Gasteiger partial charge in [0.15, 0.2) is 0 Å². The highest BCUT2D eigenvalue weighted by molar-refractivity contribution is 6.19. The van der Waals surface area contributed by atoms with Crippen LogP contribution < -0.4 is 10.6 Å². The molecule has 2 N–H and O–H groups in total. The van der Waals surface area contributed by atoms with Gasteiger partial charge in [-0.25, -0.2) is 0 Å². The fourth-order valence-corrected chi connectivity index (χ4v) is 4.60. The zero-order valence-corrected chi connectivity index (χ0v) is 15.9. The first-order valence-corrected chi connectivity index (χ1v) is 9.94. The summed E-state index contributed by atoms with van der Waals surface area (Å²) in [6, 6.07) is 8.25. The first-order valence-electron chi connectivity index (χ1n) is 9.94. The Balaban J connectivity index is 1.53. The number of amides is 2. The highest BCUT2D eigenvalue weighted by Gasteiger charge is 2.40. The number of nitrogens with zero attached hydrogens (tertiary/aromatic N) is 2. The maximum atomic E-state index is 13.1. The van der Waals surface area contributed by atoms with Gasteiger partial charge in [0.1, 0.15) is 0 Å². The van der Waals surface area contributed by atoms with Crippen LogP contribution in [0, 0.1) is 0 Å². The van der Waals surface area contributed by atoms with Gasteiger partial charge in [-0.15, -0.1) is 0 Å². The summed E-state index contributed by atoms with van der Waals surface area (Å²) < 4.78 is 0. The topological polar surface area (TPSA) is 66.6 Å². The molecule has 142 valence electrons. The summed E-state index contributed by atoms with van der Waals surface area (Å²) in [4.78, 5) is 29.1. The van der Waals surface area contributed by atoms with Crippen molar-refractivity contribution >= 4 is 17.5 Å². The number of nitrogens with two attached hydrogens (primary N) is 1. The van der Waals surface area contributed by atoms with E-state index >= 15 is 0 Å². The lowest BCUT2D eigenvalue weighted by atomic mass is 9.90. The Morgan fingerprint density at radius 2 is 1.85 bits per heavy atom. The van der Waals surface area contributed by atoms with Crippen LogP contribution in [-0.4, -0.2) is 35.8 Å². The zero-order chi connectivity index (χ0) is 19.0. The van der Waals surface area contributed by atoms with E-state index in [4.69, 9.17) is 5.73 Å². The number of carbonyl (C=O) groups excluding carboxylic acids is 2. The monoisotopic (exact) mass is 365 g/mol. The molecule has 1 aliphatic carbocycles. The normalized spacial score (nSPS) is 23.4. The summed E-state index contributed by atoms with van der Waals surface area (Å²) in [6.07, 6.45) is 7.27. The molecule has 2 amide bonds. The number of hydrogen-bond acceptors (Lipinski definition) is 3. The molecule has 5 nitrogen and oxygen atoms in total. The van der Waals surface area contributed by atoms with Crippen LogP contribution in [0.2, 0.25) is 0 Å². The number of piperidine rings is 1. The van der Waals surface area contributed by atoms with Gasteiger partial charge in [-0.1, -0.05) is 24.6 Å². The van der Waals surface area contributed by atoms with Gasteiger partial charge in [-0.3, -0.25) is 14.5 Å². The summed E-state index contributed by atoms with van der Waals surface area (Å²) in [5, 5.41) is 0. The van der Waals surface area contributed by atoms with Crippen LogP contribution in [0.25, 0.3) is 0 Å². The molecule has 2 aliphatic heterocycles. The van der Waals surface area contributed by atoms with Gasteiger partial charge in [0.05, 0.1) is 11.6 Å². The summed E-state index contributed by atoms with van der Waals surface area (Å²) in [5.41, 5.74) is 9.61. The lowest BCUT2D eigenvalue weighted by Crippen LogP contribution is -2.34. The third-order valence-corrected chi connectivity index (χ3v) is 6.01. The number of allylic oxidation sites excluding steroid dienone is 1. The maximum absolute atomic E-state index is 13.1. The van der Waals surface area contributed by atoms with Crippen LogP contribution >= 0.6 is 0 Å². The minimum Gasteiger partial charge on any atom is -0.366 e. The minimum atomic E-state index is -0.513. The molecule has 1 aromatic carbocycles. The Morgan fingerprint density at radius 3 is 2.52 bits per heavy atom. The first-order chi connectivity index (χ1) is 13.1. The van der Waals surface area contributed by atoms with Crippen molar-refractivity contribution in [1.29, 1.82) is 0 Å². The lowest BCUT2D eigenvalue weighted by Gasteiger charge is -2.27. The number of carbonyl (C=O) groups is 2. The van der Waals surface area contributed by atoms with E-state index in [-0.39, 0.29) is 11.9 Å². The molecular formula is C22H27N3O2. The summed E-state index contributed by atoms with van der Waals surface area (Å²) >= 11 is 0. The highest BCUT2D eigenvalue weighted by Crippen LogP contribution is 2.39. The smallest absolute Gasteiger partial charge is 0.259 e. The molecule has 0 aromatic heterocycles. The third-order valence-electron chi connectivity index (χ3n) is 6.01. The molecule has 1 aromatic rings. The van der Waals surface area contributed by atoms with Gasteiger partial charge in [0.25, 0.3) is 5.91 Å². The van der Waals surface area contributed by atoms with Gasteiger partial charge in [-0.05, 0) is 69.0 Å². The van der Waals surface area contributed by atoms with Crippen molar-refractivity contribution in [2.75, 3.05) is 18.0 Å². The van der Waals surface area contributed by atoms with Crippen molar-refractivity contribution in [2.45, 2.75) is 51.6 Å². The van der Waals surface area contributed by atoms with Crippen LogP contribution in [-0.2, 0) is 16.1 Å². The van der Waals surface area contributed by atoms with Crippen LogP contribution in [0.15, 0.2) is 47.1 Å². The molecular weight excluding hydrogens is 338 g/mol. The Hall–Kier alpha value is -2.40. The number of hydrogen-bond donors (Lipinski definition) is 1. The predicted octanol–water partition coefficient (Wildman–Crippen LogP) is 2.91. The number of benzene rings is 1. The lowest BCUT2D eigenvalue weighted by molar-refractivity contribution is -0.117. The Morgan fingerprint density at radius 1 is 1.15 bits per heavy atom. The van der Waals surface area contributed by atoms with E-state index in [1.807, 2.05) is 19.1 Å². The average molecular weight is 365 g/mol. The standard InChI is InChI=1S/C22H27N3O2/c1-15-18-6-5-7-19(21(23)26)20(18)22(27)25(15)17-10-8-16(9-11-17)14-24-12-3-2-4-13-24/h7-11,15H,2-6,12-14H2,1H3,(H2,23,26). The van der Waals surface area contributed by atoms with Crippen LogP contribution in [0.5, 0.6) is 0 Å². The quantitative estimate of drug-likeness (QED) is 0.892. The molecule has 3 aliphatic rings. The van der Waals surface area contributed by atoms with Gasteiger partial charge >= 0.3 is 0 Å². The van der Waals surface area contributed by atoms with E-state index in [1.54, 1.807) is 11.0 Å². The highest BCUT2D eigenvalue weighted by atomic mass is 16.2. The molecule has 1 atom stereocenters. The molecule has 1 unspecified atom stereocenters. The molecule has 0 radical (unpaired) electrons. The fourth-order valence-electron chi connectivity index (χ4n) is 4.60. The van der Waals surface area contributed by atoms with Crippen LogP contribution in [0.3, 0.4) is 0 Å². The van der Waals surface area contributed by atoms with Gasteiger partial charge in [0.2, 0.25) is 5.91 Å². The van der Waals surface area contributed by atoms with E-state index in [0.29, 0.717) is 11.1 Å². The fraction of sp³-hybridized carbons (Fsp3) is 0.455. The van der Waals surface area contributed by atoms with E-state index < -0.39 is 5.91 Å². The van der Waals surface area contributed by atoms with Crippen molar-refractivity contribution in [2.24, 2.45) is 5.73 Å². The van der Waals surface area contributed by atoms with E-state index in [9.17, 15) is 9.59 Å². The second kappa shape index (κ2) is 7.31. The van der Waals surface area contributed by atoms with Gasteiger partial charge in [0, 0.05) is 17.8 Å². The number of rotatable bonds is 4. The van der Waals surface area contributed by atoms with Crippen molar-refractivity contribution in [3.8, 4) is 0 Å². The predicted molar refractivity (Wildman–Crippen MR) is 106 cm³/mol. The number of primary amides is 1. The SMILES string of the molecule is CC1C2=C(C(=O)N1c1ccc(CN3CCCCC3)cc1)C(C(N)=O)=CCC2. The van der Waals surface area contributed by atoms with Gasteiger partial charge in [-0.2, -0.15) is 0 Å². The maximum Gasteiger partial charge on any atom is 0.259 e. The molecule has 2 heterocycles. The zero-order valence-electron chi connectivity index (χ0n) is 15.9. The van der Waals surface area contributed by atoms with E-state index in [2.05, 4.69) is 17.0 Å². The van der Waals surface area contributed by atoms with Crippen molar-refractivity contribution in [3.05, 3.63) is 52.6 Å². The van der Waals surface area contributed by atoms with Crippen molar-refractivity contribution in [3.63, 3.8) is 0 Å². The van der Waals surface area contributed by atoms with E-state index in [0.717, 1.165) is 30.6 Å². The largest absolute Gasteiger partial charge is 0.366 e. The molecule has 0 saturated carbocycles. The molecule has 5 heteroatoms. The van der Waals surface area contributed by atoms with Crippen LogP contribution in [0.1, 0.15) is 44.6 Å².